The van der Waals surface area contributed by atoms with Crippen molar-refractivity contribution < 1.29 is 9.32 Å². The summed E-state index contributed by atoms with van der Waals surface area (Å²) in [5.74, 6) is 1.13. The molecule has 1 N–H and O–H groups in total. The van der Waals surface area contributed by atoms with Gasteiger partial charge in [-0.1, -0.05) is 46.6 Å². The molecule has 0 aliphatic heterocycles. The molecule has 0 atom stereocenters. The van der Waals surface area contributed by atoms with Gasteiger partial charge in [-0.3, -0.25) is 4.79 Å². The fourth-order valence-electron chi connectivity index (χ4n) is 2.52. The van der Waals surface area contributed by atoms with Gasteiger partial charge in [0.05, 0.1) is 0 Å². The molecule has 0 radical (unpaired) electrons. The second-order valence-corrected chi connectivity index (χ2v) is 6.15. The molecule has 1 aromatic heterocycles. The van der Waals surface area contributed by atoms with Crippen LogP contribution in [0.15, 0.2) is 53.1 Å². The number of aryl methyl sites for hydroxylation is 3. The molecule has 5 nitrogen and oxygen atoms in total. The summed E-state index contributed by atoms with van der Waals surface area (Å²) in [5, 5.41) is 6.90. The molecule has 1 heterocycles. The van der Waals surface area contributed by atoms with Gasteiger partial charge in [-0.15, -0.1) is 0 Å². The zero-order valence-electron chi connectivity index (χ0n) is 14.5. The number of nitrogens with one attached hydrogen (secondary N) is 1. The zero-order valence-corrected chi connectivity index (χ0v) is 14.5. The highest BCUT2D eigenvalue weighted by atomic mass is 16.5. The van der Waals surface area contributed by atoms with E-state index in [0.29, 0.717) is 31.0 Å². The second-order valence-electron chi connectivity index (χ2n) is 6.15. The summed E-state index contributed by atoms with van der Waals surface area (Å²) in [5.41, 5.74) is 4.07. The minimum absolute atomic E-state index is 0.0118. The molecule has 0 spiro atoms. The zero-order chi connectivity index (χ0) is 17.6. The standard InChI is InChI=1S/C20H21N3O2/c1-14-9-11-17(12-10-14)21-18(24)7-4-8-19-22-20(23-25-19)16-6-3-5-15(2)13-16/h3,5-6,9-13H,4,7-8H2,1-2H3,(H,21,24). The van der Waals surface area contributed by atoms with Crippen molar-refractivity contribution in [2.24, 2.45) is 0 Å². The highest BCUT2D eigenvalue weighted by molar-refractivity contribution is 5.90. The number of nitrogens with zero attached hydrogens (tertiary/aromatic N) is 2. The lowest BCUT2D eigenvalue weighted by Crippen LogP contribution is -2.11. The fourth-order valence-corrected chi connectivity index (χ4v) is 2.52. The molecule has 1 amide bonds. The molecule has 0 aliphatic rings. The third-order valence-corrected chi connectivity index (χ3v) is 3.87. The van der Waals surface area contributed by atoms with Gasteiger partial charge in [0.25, 0.3) is 0 Å². The SMILES string of the molecule is Cc1ccc(NC(=O)CCCc2nc(-c3cccc(C)c3)no2)cc1. The van der Waals surface area contributed by atoms with Gasteiger partial charge in [0.15, 0.2) is 0 Å². The van der Waals surface area contributed by atoms with Gasteiger partial charge in [0.2, 0.25) is 17.6 Å². The lowest BCUT2D eigenvalue weighted by Gasteiger charge is -2.04. The Balaban J connectivity index is 1.49. The molecular formula is C20H21N3O2. The number of hydrogen-bond acceptors (Lipinski definition) is 4. The first-order valence-electron chi connectivity index (χ1n) is 8.36. The van der Waals surface area contributed by atoms with Gasteiger partial charge in [0, 0.05) is 24.1 Å². The normalized spacial score (nSPS) is 10.6. The van der Waals surface area contributed by atoms with Crippen LogP contribution < -0.4 is 5.32 Å². The maximum Gasteiger partial charge on any atom is 0.226 e. The molecule has 3 aromatic rings. The number of amides is 1. The molecule has 128 valence electrons. The number of carbonyl (C=O) groups excluding carboxylic acids is 1. The van der Waals surface area contributed by atoms with Gasteiger partial charge in [-0.05, 0) is 38.5 Å². The first kappa shape index (κ1) is 16.9. The molecule has 0 saturated heterocycles. The third kappa shape index (κ3) is 4.76. The van der Waals surface area contributed by atoms with Crippen LogP contribution in [0.5, 0.6) is 0 Å². The van der Waals surface area contributed by atoms with Gasteiger partial charge >= 0.3 is 0 Å². The Hall–Kier alpha value is -2.95. The van der Waals surface area contributed by atoms with E-state index in [9.17, 15) is 4.79 Å². The Kier molecular flexibility index (Phi) is 5.23. The summed E-state index contributed by atoms with van der Waals surface area (Å²) in [6.07, 6.45) is 1.66. The molecule has 5 heteroatoms. The summed E-state index contributed by atoms with van der Waals surface area (Å²) in [6, 6.07) is 15.7. The molecule has 0 saturated carbocycles. The summed E-state index contributed by atoms with van der Waals surface area (Å²) in [7, 11) is 0. The van der Waals surface area contributed by atoms with Crippen LogP contribution in [0.2, 0.25) is 0 Å². The minimum atomic E-state index is -0.0118. The second kappa shape index (κ2) is 7.75. The van der Waals surface area contributed by atoms with Crippen LogP contribution in [-0.2, 0) is 11.2 Å². The van der Waals surface area contributed by atoms with E-state index in [1.165, 1.54) is 5.56 Å². The summed E-state index contributed by atoms with van der Waals surface area (Å²) in [4.78, 5) is 16.4. The van der Waals surface area contributed by atoms with E-state index in [1.807, 2.05) is 62.4 Å². The molecular weight excluding hydrogens is 314 g/mol. The smallest absolute Gasteiger partial charge is 0.226 e. The lowest BCUT2D eigenvalue weighted by atomic mass is 10.1. The summed E-state index contributed by atoms with van der Waals surface area (Å²) in [6.45, 7) is 4.04. The van der Waals surface area contributed by atoms with Gasteiger partial charge in [-0.2, -0.15) is 4.98 Å². The average molecular weight is 335 g/mol. The topological polar surface area (TPSA) is 68.0 Å². The fraction of sp³-hybridized carbons (Fsp3) is 0.250. The number of carbonyl (C=O) groups is 1. The van der Waals surface area contributed by atoms with Crippen LogP contribution in [0.1, 0.15) is 29.9 Å². The molecule has 0 aliphatic carbocycles. The Morgan fingerprint density at radius 2 is 1.88 bits per heavy atom. The van der Waals surface area contributed by atoms with E-state index < -0.39 is 0 Å². The highest BCUT2D eigenvalue weighted by Crippen LogP contribution is 2.17. The summed E-state index contributed by atoms with van der Waals surface area (Å²) < 4.78 is 5.28. The van der Waals surface area contributed by atoms with Crippen molar-refractivity contribution >= 4 is 11.6 Å². The Bertz CT molecular complexity index is 853. The van der Waals surface area contributed by atoms with Gasteiger partial charge in [-0.25, -0.2) is 0 Å². The summed E-state index contributed by atoms with van der Waals surface area (Å²) >= 11 is 0. The molecule has 0 unspecified atom stereocenters. The van der Waals surface area contributed by atoms with Crippen LogP contribution in [-0.4, -0.2) is 16.0 Å². The van der Waals surface area contributed by atoms with Crippen molar-refractivity contribution in [2.75, 3.05) is 5.32 Å². The van der Waals surface area contributed by atoms with E-state index in [0.717, 1.165) is 16.8 Å². The van der Waals surface area contributed by atoms with E-state index in [1.54, 1.807) is 0 Å². The average Bonchev–Trinajstić information content (AvgIpc) is 3.06. The van der Waals surface area contributed by atoms with Crippen LogP contribution in [0.3, 0.4) is 0 Å². The number of benzene rings is 2. The third-order valence-electron chi connectivity index (χ3n) is 3.87. The number of aromatic nitrogens is 2. The van der Waals surface area contributed by atoms with Crippen molar-refractivity contribution in [3.8, 4) is 11.4 Å². The minimum Gasteiger partial charge on any atom is -0.339 e. The molecule has 2 aromatic carbocycles. The van der Waals surface area contributed by atoms with Crippen molar-refractivity contribution in [3.05, 3.63) is 65.5 Å². The number of anilines is 1. The first-order chi connectivity index (χ1) is 12.1. The molecule has 0 fully saturated rings. The predicted molar refractivity (Wildman–Crippen MR) is 97.2 cm³/mol. The first-order valence-corrected chi connectivity index (χ1v) is 8.36. The van der Waals surface area contributed by atoms with Crippen molar-refractivity contribution in [1.82, 2.24) is 10.1 Å². The maximum atomic E-state index is 12.0. The molecule has 3 rings (SSSR count). The van der Waals surface area contributed by atoms with Crippen molar-refractivity contribution in [1.29, 1.82) is 0 Å². The predicted octanol–water partition coefficient (Wildman–Crippen LogP) is 4.31. The number of rotatable bonds is 6. The Labute approximate surface area is 147 Å². The lowest BCUT2D eigenvalue weighted by molar-refractivity contribution is -0.116. The van der Waals surface area contributed by atoms with Crippen LogP contribution in [0, 0.1) is 13.8 Å². The maximum absolute atomic E-state index is 12.0. The van der Waals surface area contributed by atoms with Crippen molar-refractivity contribution in [2.45, 2.75) is 33.1 Å². The largest absolute Gasteiger partial charge is 0.339 e. The Morgan fingerprint density at radius 1 is 1.08 bits per heavy atom. The van der Waals surface area contributed by atoms with Crippen molar-refractivity contribution in [3.63, 3.8) is 0 Å². The van der Waals surface area contributed by atoms with Gasteiger partial charge < -0.3 is 9.84 Å². The van der Waals surface area contributed by atoms with Crippen LogP contribution in [0.4, 0.5) is 5.69 Å². The molecule has 0 bridgehead atoms. The van der Waals surface area contributed by atoms with Crippen LogP contribution in [0.25, 0.3) is 11.4 Å². The quantitative estimate of drug-likeness (QED) is 0.728. The van der Waals surface area contributed by atoms with E-state index in [4.69, 9.17) is 4.52 Å². The highest BCUT2D eigenvalue weighted by Gasteiger charge is 2.10. The molecule has 25 heavy (non-hydrogen) atoms. The van der Waals surface area contributed by atoms with E-state index in [-0.39, 0.29) is 5.91 Å². The van der Waals surface area contributed by atoms with Crippen LogP contribution >= 0.6 is 0 Å². The Morgan fingerprint density at radius 3 is 2.64 bits per heavy atom. The van der Waals surface area contributed by atoms with E-state index in [2.05, 4.69) is 15.5 Å². The monoisotopic (exact) mass is 335 g/mol. The van der Waals surface area contributed by atoms with Gasteiger partial charge in [0.1, 0.15) is 0 Å². The number of hydrogen-bond donors (Lipinski definition) is 1. The van der Waals surface area contributed by atoms with E-state index >= 15 is 0 Å².